The minimum absolute atomic E-state index is 0.00292. The van der Waals surface area contributed by atoms with E-state index in [1.165, 1.54) is 0 Å². The molecule has 3 rings (SSSR count). The van der Waals surface area contributed by atoms with Crippen molar-refractivity contribution in [1.82, 2.24) is 5.32 Å². The van der Waals surface area contributed by atoms with Crippen LogP contribution in [0.5, 0.6) is 0 Å². The Balaban J connectivity index is 1.67. The van der Waals surface area contributed by atoms with Crippen molar-refractivity contribution in [3.63, 3.8) is 0 Å². The monoisotopic (exact) mass is 312 g/mol. The number of amides is 2. The fraction of sp³-hybridized carbons (Fsp3) is 0.333. The minimum Gasteiger partial charge on any atom is -0.467 e. The Morgan fingerprint density at radius 1 is 1.35 bits per heavy atom. The number of nitrogens with zero attached hydrogens (tertiary/aromatic N) is 1. The first-order chi connectivity index (χ1) is 11.0. The molecule has 1 aliphatic rings. The maximum absolute atomic E-state index is 12.3. The molecular weight excluding hydrogens is 292 g/mol. The summed E-state index contributed by atoms with van der Waals surface area (Å²) >= 11 is 0. The zero-order valence-corrected chi connectivity index (χ0v) is 13.3. The van der Waals surface area contributed by atoms with Crippen LogP contribution in [0.15, 0.2) is 41.0 Å². The molecule has 23 heavy (non-hydrogen) atoms. The van der Waals surface area contributed by atoms with Gasteiger partial charge in [-0.15, -0.1) is 0 Å². The van der Waals surface area contributed by atoms with Crippen molar-refractivity contribution in [1.29, 1.82) is 0 Å². The van der Waals surface area contributed by atoms with Gasteiger partial charge < -0.3 is 14.6 Å². The number of hydrogen-bond acceptors (Lipinski definition) is 3. The van der Waals surface area contributed by atoms with Gasteiger partial charge in [0.05, 0.1) is 18.7 Å². The number of aryl methyl sites for hydroxylation is 2. The van der Waals surface area contributed by atoms with E-state index in [0.717, 1.165) is 16.8 Å². The molecule has 0 bridgehead atoms. The molecule has 5 nitrogen and oxygen atoms in total. The van der Waals surface area contributed by atoms with Crippen LogP contribution < -0.4 is 10.2 Å². The number of furan rings is 1. The van der Waals surface area contributed by atoms with Gasteiger partial charge in [-0.1, -0.05) is 12.1 Å². The van der Waals surface area contributed by atoms with E-state index in [-0.39, 0.29) is 24.2 Å². The van der Waals surface area contributed by atoms with Gasteiger partial charge in [0, 0.05) is 18.7 Å². The molecule has 1 atom stereocenters. The summed E-state index contributed by atoms with van der Waals surface area (Å²) in [5.41, 5.74) is 3.04. The summed E-state index contributed by atoms with van der Waals surface area (Å²) in [5, 5.41) is 2.83. The van der Waals surface area contributed by atoms with Crippen LogP contribution in [0.2, 0.25) is 0 Å². The number of rotatable bonds is 4. The van der Waals surface area contributed by atoms with Crippen molar-refractivity contribution in [3.05, 3.63) is 53.5 Å². The van der Waals surface area contributed by atoms with Crippen LogP contribution >= 0.6 is 0 Å². The molecule has 0 saturated carbocycles. The lowest BCUT2D eigenvalue weighted by Crippen LogP contribution is -2.32. The van der Waals surface area contributed by atoms with Crippen LogP contribution in [-0.4, -0.2) is 18.4 Å². The Bertz CT molecular complexity index is 722. The maximum atomic E-state index is 12.3. The molecule has 1 N–H and O–H groups in total. The molecule has 2 amide bonds. The van der Waals surface area contributed by atoms with Gasteiger partial charge in [-0.3, -0.25) is 9.59 Å². The molecule has 120 valence electrons. The molecule has 5 heteroatoms. The lowest BCUT2D eigenvalue weighted by Gasteiger charge is -2.19. The summed E-state index contributed by atoms with van der Waals surface area (Å²) in [4.78, 5) is 26.3. The van der Waals surface area contributed by atoms with Crippen LogP contribution in [0.25, 0.3) is 0 Å². The average molecular weight is 312 g/mol. The van der Waals surface area contributed by atoms with E-state index in [2.05, 4.69) is 5.32 Å². The second kappa shape index (κ2) is 6.28. The zero-order valence-electron chi connectivity index (χ0n) is 13.3. The highest BCUT2D eigenvalue weighted by Crippen LogP contribution is 2.28. The number of anilines is 1. The van der Waals surface area contributed by atoms with E-state index in [0.29, 0.717) is 18.8 Å². The van der Waals surface area contributed by atoms with Gasteiger partial charge in [0.2, 0.25) is 11.8 Å². The third-order valence-corrected chi connectivity index (χ3v) is 4.17. The fourth-order valence-electron chi connectivity index (χ4n) is 2.86. The number of carbonyl (C=O) groups excluding carboxylic acids is 2. The first kappa shape index (κ1) is 15.3. The van der Waals surface area contributed by atoms with Crippen molar-refractivity contribution >= 4 is 17.5 Å². The number of benzene rings is 1. The molecule has 2 aromatic rings. The predicted molar refractivity (Wildman–Crippen MR) is 86.9 cm³/mol. The highest BCUT2D eigenvalue weighted by molar-refractivity contribution is 6.00. The van der Waals surface area contributed by atoms with Crippen molar-refractivity contribution in [2.24, 2.45) is 5.92 Å². The van der Waals surface area contributed by atoms with Crippen LogP contribution in [0.1, 0.15) is 23.3 Å². The normalized spacial score (nSPS) is 17.6. The second-order valence-corrected chi connectivity index (χ2v) is 5.99. The molecule has 1 aliphatic heterocycles. The van der Waals surface area contributed by atoms with E-state index >= 15 is 0 Å². The maximum Gasteiger partial charge on any atom is 0.227 e. The van der Waals surface area contributed by atoms with Gasteiger partial charge in [0.1, 0.15) is 5.76 Å². The van der Waals surface area contributed by atoms with Gasteiger partial charge in [-0.25, -0.2) is 0 Å². The fourth-order valence-corrected chi connectivity index (χ4v) is 2.86. The van der Waals surface area contributed by atoms with E-state index in [9.17, 15) is 9.59 Å². The number of carbonyl (C=O) groups is 2. The lowest BCUT2D eigenvalue weighted by atomic mass is 10.1. The Hall–Kier alpha value is -2.56. The van der Waals surface area contributed by atoms with Crippen molar-refractivity contribution in [2.45, 2.75) is 26.8 Å². The second-order valence-electron chi connectivity index (χ2n) is 5.99. The summed E-state index contributed by atoms with van der Waals surface area (Å²) in [5.74, 6) is 0.269. The highest BCUT2D eigenvalue weighted by Gasteiger charge is 2.35. The van der Waals surface area contributed by atoms with E-state index in [1.807, 2.05) is 38.1 Å². The minimum atomic E-state index is -0.322. The zero-order chi connectivity index (χ0) is 16.4. The Morgan fingerprint density at radius 2 is 2.17 bits per heavy atom. The molecule has 0 spiro atoms. The van der Waals surface area contributed by atoms with Crippen LogP contribution in [-0.2, 0) is 16.1 Å². The molecule has 1 aromatic heterocycles. The number of hydrogen-bond donors (Lipinski definition) is 1. The SMILES string of the molecule is Cc1ccc(C)c(N2C[C@H](C(=O)NCc3ccco3)CC2=O)c1. The average Bonchev–Trinajstić information content (AvgIpc) is 3.17. The van der Waals surface area contributed by atoms with E-state index in [1.54, 1.807) is 17.2 Å². The third-order valence-electron chi connectivity index (χ3n) is 4.17. The van der Waals surface area contributed by atoms with E-state index < -0.39 is 0 Å². The molecule has 2 heterocycles. The lowest BCUT2D eigenvalue weighted by molar-refractivity contribution is -0.126. The highest BCUT2D eigenvalue weighted by atomic mass is 16.3. The smallest absolute Gasteiger partial charge is 0.227 e. The molecule has 0 aliphatic carbocycles. The third kappa shape index (κ3) is 3.28. The topological polar surface area (TPSA) is 62.6 Å². The summed E-state index contributed by atoms with van der Waals surface area (Å²) < 4.78 is 5.19. The summed E-state index contributed by atoms with van der Waals surface area (Å²) in [6.45, 7) is 4.75. The predicted octanol–water partition coefficient (Wildman–Crippen LogP) is 2.57. The largest absolute Gasteiger partial charge is 0.467 e. The van der Waals surface area contributed by atoms with Gasteiger partial charge in [0.25, 0.3) is 0 Å². The Morgan fingerprint density at radius 3 is 2.91 bits per heavy atom. The summed E-state index contributed by atoms with van der Waals surface area (Å²) in [7, 11) is 0. The van der Waals surface area contributed by atoms with Crippen LogP contribution in [0.4, 0.5) is 5.69 Å². The van der Waals surface area contributed by atoms with Crippen LogP contribution in [0, 0.1) is 19.8 Å². The number of nitrogens with one attached hydrogen (secondary N) is 1. The molecule has 1 aromatic carbocycles. The van der Waals surface area contributed by atoms with Gasteiger partial charge in [-0.2, -0.15) is 0 Å². The molecule has 1 fully saturated rings. The Kier molecular flexibility index (Phi) is 4.19. The van der Waals surface area contributed by atoms with Gasteiger partial charge in [-0.05, 0) is 43.2 Å². The Labute approximate surface area is 135 Å². The first-order valence-corrected chi connectivity index (χ1v) is 7.72. The quantitative estimate of drug-likeness (QED) is 0.944. The summed E-state index contributed by atoms with van der Waals surface area (Å²) in [6, 6.07) is 9.61. The molecule has 0 unspecified atom stereocenters. The molecular formula is C18H20N2O3. The molecule has 1 saturated heterocycles. The van der Waals surface area contributed by atoms with Crippen LogP contribution in [0.3, 0.4) is 0 Å². The van der Waals surface area contributed by atoms with Crippen molar-refractivity contribution in [2.75, 3.05) is 11.4 Å². The first-order valence-electron chi connectivity index (χ1n) is 7.72. The summed E-state index contributed by atoms with van der Waals surface area (Å²) in [6.07, 6.45) is 1.82. The van der Waals surface area contributed by atoms with Crippen molar-refractivity contribution < 1.29 is 14.0 Å². The van der Waals surface area contributed by atoms with Gasteiger partial charge >= 0.3 is 0 Å². The van der Waals surface area contributed by atoms with E-state index in [4.69, 9.17) is 4.42 Å². The standard InChI is InChI=1S/C18H20N2O3/c1-12-5-6-13(2)16(8-12)20-11-14(9-17(20)21)18(22)19-10-15-4-3-7-23-15/h3-8,14H,9-11H2,1-2H3,(H,19,22)/t14-/m1/s1. The van der Waals surface area contributed by atoms with Crippen molar-refractivity contribution in [3.8, 4) is 0 Å². The molecule has 0 radical (unpaired) electrons. The van der Waals surface area contributed by atoms with Gasteiger partial charge in [0.15, 0.2) is 0 Å².